The third kappa shape index (κ3) is 4.45. The van der Waals surface area contributed by atoms with Gasteiger partial charge in [-0.25, -0.2) is 0 Å². The monoisotopic (exact) mass is 741 g/mol. The first-order valence-electron chi connectivity index (χ1n) is 19.7. The predicted octanol–water partition coefficient (Wildman–Crippen LogP) is 15.5. The van der Waals surface area contributed by atoms with Crippen molar-refractivity contribution in [3.63, 3.8) is 0 Å². The Kier molecular flexibility index (Phi) is 6.41. The van der Waals surface area contributed by atoms with Crippen LogP contribution in [-0.2, 0) is 0 Å². The molecule has 0 amide bonds. The Morgan fingerprint density at radius 3 is 1.07 bits per heavy atom. The molecule has 0 atom stereocenters. The lowest BCUT2D eigenvalue weighted by atomic mass is 9.98. The molecule has 9 aromatic carbocycles. The number of hydrogen-bond acceptors (Lipinski definition) is 3. The van der Waals surface area contributed by atoms with Crippen molar-refractivity contribution in [2.24, 2.45) is 0 Å². The molecule has 4 heterocycles. The molecule has 0 saturated heterocycles. The number of nitrogens with zero attached hydrogens (tertiary/aromatic N) is 1. The number of fused-ring (bicyclic) bond motifs is 12. The first kappa shape index (κ1) is 31.4. The maximum Gasteiger partial charge on any atom is 0.143 e. The molecule has 0 radical (unpaired) electrons. The molecule has 0 N–H and O–H groups in total. The molecule has 0 fully saturated rings. The van der Waals surface area contributed by atoms with Crippen LogP contribution in [0.5, 0.6) is 0 Å². The van der Waals surface area contributed by atoms with E-state index >= 15 is 0 Å². The Hall–Kier alpha value is -7.82. The zero-order chi connectivity index (χ0) is 37.9. The second kappa shape index (κ2) is 11.8. The van der Waals surface area contributed by atoms with Crippen LogP contribution in [0.4, 0.5) is 0 Å². The van der Waals surface area contributed by atoms with Gasteiger partial charge in [0.25, 0.3) is 0 Å². The SMILES string of the molecule is c1ccc2c(c1)oc1c(-c3ccc(-n4c5ccc(-c6cccc7c6oc6ccccc67)cc5c5cc(-c6cccc7c6oc6ccccc67)ccc54)cc3)cccc12. The van der Waals surface area contributed by atoms with Crippen LogP contribution >= 0.6 is 0 Å². The maximum absolute atomic E-state index is 6.52. The number of benzene rings is 9. The first-order valence-corrected chi connectivity index (χ1v) is 19.7. The van der Waals surface area contributed by atoms with Crippen molar-refractivity contribution in [1.29, 1.82) is 0 Å². The van der Waals surface area contributed by atoms with Gasteiger partial charge in [-0.2, -0.15) is 0 Å². The normalized spacial score (nSPS) is 12.1. The van der Waals surface area contributed by atoms with E-state index in [-0.39, 0.29) is 0 Å². The fourth-order valence-corrected chi connectivity index (χ4v) is 9.35. The van der Waals surface area contributed by atoms with Gasteiger partial charge in [0, 0.05) is 65.5 Å². The molecule has 270 valence electrons. The highest BCUT2D eigenvalue weighted by Gasteiger charge is 2.19. The molecule has 4 aromatic heterocycles. The highest BCUT2D eigenvalue weighted by Crippen LogP contribution is 2.43. The maximum atomic E-state index is 6.52. The molecule has 13 aromatic rings. The number of furan rings is 3. The van der Waals surface area contributed by atoms with Crippen molar-refractivity contribution in [3.8, 4) is 39.1 Å². The van der Waals surface area contributed by atoms with Crippen LogP contribution in [0.15, 0.2) is 201 Å². The molecule has 58 heavy (non-hydrogen) atoms. The van der Waals surface area contributed by atoms with Crippen LogP contribution in [-0.4, -0.2) is 4.57 Å². The Labute approximate surface area is 331 Å². The Bertz CT molecular complexity index is 3630. The minimum Gasteiger partial charge on any atom is -0.455 e. The van der Waals surface area contributed by atoms with E-state index < -0.39 is 0 Å². The molecule has 0 spiro atoms. The molecule has 0 aliphatic carbocycles. The average molecular weight is 742 g/mol. The quantitative estimate of drug-likeness (QED) is 0.180. The molecule has 0 saturated carbocycles. The fourth-order valence-electron chi connectivity index (χ4n) is 9.35. The van der Waals surface area contributed by atoms with E-state index in [0.29, 0.717) is 0 Å². The van der Waals surface area contributed by atoms with Gasteiger partial charge < -0.3 is 17.8 Å². The van der Waals surface area contributed by atoms with E-state index in [9.17, 15) is 0 Å². The third-order valence-electron chi connectivity index (χ3n) is 12.0. The van der Waals surface area contributed by atoms with Gasteiger partial charge in [-0.15, -0.1) is 0 Å². The van der Waals surface area contributed by atoms with E-state index in [1.165, 1.54) is 0 Å². The second-order valence-electron chi connectivity index (χ2n) is 15.2. The van der Waals surface area contributed by atoms with Crippen molar-refractivity contribution in [2.75, 3.05) is 0 Å². The van der Waals surface area contributed by atoms with Gasteiger partial charge in [-0.3, -0.25) is 0 Å². The summed E-state index contributed by atoms with van der Waals surface area (Å²) in [5.74, 6) is 0. The summed E-state index contributed by atoms with van der Waals surface area (Å²) in [6.07, 6.45) is 0. The molecular formula is C54H31NO3. The highest BCUT2D eigenvalue weighted by atomic mass is 16.3. The Morgan fingerprint density at radius 1 is 0.276 bits per heavy atom. The summed E-state index contributed by atoms with van der Waals surface area (Å²) in [5, 5.41) is 9.08. The fraction of sp³-hybridized carbons (Fsp3) is 0. The lowest BCUT2D eigenvalue weighted by molar-refractivity contribution is 0.669. The van der Waals surface area contributed by atoms with Gasteiger partial charge in [0.2, 0.25) is 0 Å². The van der Waals surface area contributed by atoms with Crippen molar-refractivity contribution < 1.29 is 13.3 Å². The van der Waals surface area contributed by atoms with Crippen LogP contribution < -0.4 is 0 Å². The van der Waals surface area contributed by atoms with E-state index in [0.717, 1.165) is 127 Å². The molecule has 0 aliphatic rings. The summed E-state index contributed by atoms with van der Waals surface area (Å²) in [4.78, 5) is 0. The van der Waals surface area contributed by atoms with Gasteiger partial charge >= 0.3 is 0 Å². The number of aromatic nitrogens is 1. The summed E-state index contributed by atoms with van der Waals surface area (Å²) >= 11 is 0. The summed E-state index contributed by atoms with van der Waals surface area (Å²) < 4.78 is 21.9. The molecule has 4 heteroatoms. The number of rotatable bonds is 4. The molecular weight excluding hydrogens is 711 g/mol. The van der Waals surface area contributed by atoms with Gasteiger partial charge in [-0.05, 0) is 71.3 Å². The lowest BCUT2D eigenvalue weighted by Crippen LogP contribution is -1.94. The molecule has 0 unspecified atom stereocenters. The highest BCUT2D eigenvalue weighted by molar-refractivity contribution is 6.16. The topological polar surface area (TPSA) is 44.4 Å². The van der Waals surface area contributed by atoms with Crippen LogP contribution in [0.2, 0.25) is 0 Å². The number of hydrogen-bond donors (Lipinski definition) is 0. The zero-order valence-corrected chi connectivity index (χ0v) is 31.1. The molecule has 4 nitrogen and oxygen atoms in total. The van der Waals surface area contributed by atoms with E-state index in [1.54, 1.807) is 0 Å². The van der Waals surface area contributed by atoms with Crippen molar-refractivity contribution in [1.82, 2.24) is 4.57 Å². The van der Waals surface area contributed by atoms with E-state index in [4.69, 9.17) is 13.3 Å². The minimum absolute atomic E-state index is 0.895. The standard InChI is InChI=1S/C54H31NO3/c1-4-19-49-39(10-1)42-16-7-13-36(52(42)56-49)32-22-26-35(27-23-32)55-47-28-24-33(37-14-8-17-43-40-11-2-5-20-50(40)57-53(37)43)30-45(47)46-31-34(25-29-48(46)55)38-15-9-18-44-41-12-3-6-21-51(41)58-54(38)44/h1-31H. The third-order valence-corrected chi connectivity index (χ3v) is 12.0. The second-order valence-corrected chi connectivity index (χ2v) is 15.2. The molecule has 13 rings (SSSR count). The van der Waals surface area contributed by atoms with Crippen molar-refractivity contribution >= 4 is 87.6 Å². The Balaban J connectivity index is 1.02. The lowest BCUT2D eigenvalue weighted by Gasteiger charge is -2.11. The van der Waals surface area contributed by atoms with Gasteiger partial charge in [-0.1, -0.05) is 133 Å². The molecule has 0 aliphatic heterocycles. The van der Waals surface area contributed by atoms with Crippen LogP contribution in [0.1, 0.15) is 0 Å². The molecule has 0 bridgehead atoms. The zero-order valence-electron chi connectivity index (χ0n) is 31.1. The first-order chi connectivity index (χ1) is 28.7. The van der Waals surface area contributed by atoms with Gasteiger partial charge in [0.05, 0.1) is 11.0 Å². The largest absolute Gasteiger partial charge is 0.455 e. The summed E-state index contributed by atoms with van der Waals surface area (Å²) in [6, 6.07) is 66.6. The van der Waals surface area contributed by atoms with E-state index in [2.05, 4.69) is 156 Å². The van der Waals surface area contributed by atoms with Crippen LogP contribution in [0.3, 0.4) is 0 Å². The summed E-state index contributed by atoms with van der Waals surface area (Å²) in [6.45, 7) is 0. The minimum atomic E-state index is 0.895. The van der Waals surface area contributed by atoms with Crippen LogP contribution in [0.25, 0.3) is 127 Å². The predicted molar refractivity (Wildman–Crippen MR) is 239 cm³/mol. The van der Waals surface area contributed by atoms with Crippen molar-refractivity contribution in [2.45, 2.75) is 0 Å². The summed E-state index contributed by atoms with van der Waals surface area (Å²) in [5.41, 5.74) is 15.3. The van der Waals surface area contributed by atoms with Gasteiger partial charge in [0.15, 0.2) is 0 Å². The average Bonchev–Trinajstić information content (AvgIpc) is 4.05. The van der Waals surface area contributed by atoms with Crippen LogP contribution in [0, 0.1) is 0 Å². The van der Waals surface area contributed by atoms with E-state index in [1.807, 2.05) is 36.4 Å². The summed E-state index contributed by atoms with van der Waals surface area (Å²) in [7, 11) is 0. The smallest absolute Gasteiger partial charge is 0.143 e. The number of para-hydroxylation sites is 6. The Morgan fingerprint density at radius 2 is 0.638 bits per heavy atom. The van der Waals surface area contributed by atoms with Crippen molar-refractivity contribution in [3.05, 3.63) is 188 Å². The van der Waals surface area contributed by atoms with Gasteiger partial charge in [0.1, 0.15) is 33.5 Å².